The first-order valence-electron chi connectivity index (χ1n) is 11.1. The average molecular weight is 460 g/mol. The molecule has 0 aromatic carbocycles. The molecule has 0 bridgehead atoms. The second-order valence-corrected chi connectivity index (χ2v) is 10.0. The van der Waals surface area contributed by atoms with Gasteiger partial charge in [0.25, 0.3) is 5.91 Å². The van der Waals surface area contributed by atoms with Crippen molar-refractivity contribution in [2.24, 2.45) is 13.0 Å². The highest BCUT2D eigenvalue weighted by Crippen LogP contribution is 2.38. The van der Waals surface area contributed by atoms with Gasteiger partial charge in [0, 0.05) is 37.0 Å². The van der Waals surface area contributed by atoms with Gasteiger partial charge in [0.2, 0.25) is 0 Å². The maximum absolute atomic E-state index is 12.5. The van der Waals surface area contributed by atoms with Gasteiger partial charge in [-0.1, -0.05) is 24.4 Å². The number of nitrogens with one attached hydrogen (secondary N) is 2. The van der Waals surface area contributed by atoms with Crippen LogP contribution in [0.1, 0.15) is 68.8 Å². The van der Waals surface area contributed by atoms with Crippen LogP contribution in [0.3, 0.4) is 0 Å². The summed E-state index contributed by atoms with van der Waals surface area (Å²) < 4.78 is 7.23. The van der Waals surface area contributed by atoms with Crippen molar-refractivity contribution >= 4 is 29.3 Å². The molecule has 0 unspecified atom stereocenters. The van der Waals surface area contributed by atoms with Crippen LogP contribution in [0.5, 0.6) is 0 Å². The molecule has 8 nitrogen and oxygen atoms in total. The van der Waals surface area contributed by atoms with E-state index in [0.717, 1.165) is 36.8 Å². The zero-order chi connectivity index (χ0) is 23.0. The molecule has 4 rings (SSSR count). The van der Waals surface area contributed by atoms with Crippen LogP contribution in [-0.2, 0) is 23.1 Å². The van der Waals surface area contributed by atoms with E-state index in [4.69, 9.17) is 21.3 Å². The first kappa shape index (κ1) is 22.6. The van der Waals surface area contributed by atoms with Crippen LogP contribution < -0.4 is 10.6 Å². The Bertz CT molecular complexity index is 1040. The number of aromatic nitrogens is 3. The number of carbonyl (C=O) groups excluding carboxylic acids is 2. The van der Waals surface area contributed by atoms with Crippen LogP contribution in [0.25, 0.3) is 11.3 Å². The summed E-state index contributed by atoms with van der Waals surface area (Å²) in [5.74, 6) is 0.309. The van der Waals surface area contributed by atoms with Crippen LogP contribution in [0.4, 0.5) is 5.82 Å². The number of aryl methyl sites for hydroxylation is 1. The first-order valence-corrected chi connectivity index (χ1v) is 11.5. The molecule has 1 saturated carbocycles. The van der Waals surface area contributed by atoms with Gasteiger partial charge in [-0.05, 0) is 39.5 Å². The summed E-state index contributed by atoms with van der Waals surface area (Å²) in [5.41, 5.74) is 2.07. The lowest BCUT2D eigenvalue weighted by molar-refractivity contribution is -0.156. The Morgan fingerprint density at radius 3 is 2.78 bits per heavy atom. The standard InChI is InChI=1S/C23H30ClN5O3/c1-23(2,3)32-17(30)9-13-7-5-6-8-16(13)27-21-19(24)15-11-25-22(31)18(15)20(28-21)14-10-26-29(4)12-14/h10,12-13,16H,5-9,11H2,1-4H3,(H,25,31)(H,27,28)/t13-,16-/m1/s1. The second-order valence-electron chi connectivity index (χ2n) is 9.65. The molecule has 9 heteroatoms. The van der Waals surface area contributed by atoms with Crippen molar-refractivity contribution in [3.8, 4) is 11.3 Å². The van der Waals surface area contributed by atoms with Crippen molar-refractivity contribution in [3.05, 3.63) is 28.5 Å². The maximum Gasteiger partial charge on any atom is 0.306 e. The number of nitrogens with zero attached hydrogens (tertiary/aromatic N) is 3. The van der Waals surface area contributed by atoms with Crippen LogP contribution in [0, 0.1) is 5.92 Å². The largest absolute Gasteiger partial charge is 0.460 e. The summed E-state index contributed by atoms with van der Waals surface area (Å²) in [7, 11) is 1.82. The third kappa shape index (κ3) is 4.75. The SMILES string of the molecule is Cn1cc(-c2nc(N[C@@H]3CCCC[C@@H]3CC(=O)OC(C)(C)C)c(Cl)c3c2C(=O)NC3)cn1. The number of esters is 1. The summed E-state index contributed by atoms with van der Waals surface area (Å²) in [4.78, 5) is 29.7. The molecule has 1 amide bonds. The van der Waals surface area contributed by atoms with Gasteiger partial charge in [0.05, 0.1) is 28.9 Å². The quantitative estimate of drug-likeness (QED) is 0.653. The zero-order valence-corrected chi connectivity index (χ0v) is 19.8. The average Bonchev–Trinajstić information content (AvgIpc) is 3.30. The number of fused-ring (bicyclic) bond motifs is 1. The molecule has 2 aromatic rings. The van der Waals surface area contributed by atoms with Crippen molar-refractivity contribution in [2.45, 2.75) is 71.1 Å². The topological polar surface area (TPSA) is 98.1 Å². The highest BCUT2D eigenvalue weighted by atomic mass is 35.5. The van der Waals surface area contributed by atoms with Crippen molar-refractivity contribution in [2.75, 3.05) is 5.32 Å². The van der Waals surface area contributed by atoms with E-state index in [0.29, 0.717) is 35.1 Å². The fourth-order valence-corrected chi connectivity index (χ4v) is 4.80. The third-order valence-electron chi connectivity index (χ3n) is 5.95. The fraction of sp³-hybridized carbons (Fsp3) is 0.565. The molecule has 0 saturated heterocycles. The van der Waals surface area contributed by atoms with Gasteiger partial charge in [0.1, 0.15) is 11.4 Å². The number of carbonyl (C=O) groups is 2. The van der Waals surface area contributed by atoms with Crippen molar-refractivity contribution in [1.82, 2.24) is 20.1 Å². The first-order chi connectivity index (χ1) is 15.1. The maximum atomic E-state index is 12.5. The van der Waals surface area contributed by atoms with Gasteiger partial charge >= 0.3 is 5.97 Å². The highest BCUT2D eigenvalue weighted by Gasteiger charge is 2.33. The number of anilines is 1. The molecule has 2 atom stereocenters. The minimum atomic E-state index is -0.502. The summed E-state index contributed by atoms with van der Waals surface area (Å²) in [6.07, 6.45) is 7.89. The lowest BCUT2D eigenvalue weighted by Crippen LogP contribution is -2.35. The molecule has 2 aromatic heterocycles. The molecule has 2 N–H and O–H groups in total. The summed E-state index contributed by atoms with van der Waals surface area (Å²) in [6, 6.07) is 0.0473. The molecule has 0 spiro atoms. The Morgan fingerprint density at radius 1 is 1.34 bits per heavy atom. The predicted octanol–water partition coefficient (Wildman–Crippen LogP) is 4.08. The van der Waals surface area contributed by atoms with Crippen LogP contribution >= 0.6 is 11.6 Å². The number of pyridine rings is 1. The Balaban J connectivity index is 1.63. The van der Waals surface area contributed by atoms with Crippen molar-refractivity contribution in [1.29, 1.82) is 0 Å². The number of rotatable bonds is 5. The van der Waals surface area contributed by atoms with Crippen molar-refractivity contribution < 1.29 is 14.3 Å². The minimum absolute atomic E-state index is 0.0473. The Kier molecular flexibility index (Phi) is 6.16. The fourth-order valence-electron chi connectivity index (χ4n) is 4.54. The summed E-state index contributed by atoms with van der Waals surface area (Å²) in [6.45, 7) is 6.00. The van der Waals surface area contributed by atoms with Gasteiger partial charge in [0.15, 0.2) is 0 Å². The van der Waals surface area contributed by atoms with E-state index in [1.807, 2.05) is 34.0 Å². The summed E-state index contributed by atoms with van der Waals surface area (Å²) >= 11 is 6.71. The van der Waals surface area contributed by atoms with E-state index in [2.05, 4.69) is 15.7 Å². The molecular weight excluding hydrogens is 430 g/mol. The van der Waals surface area contributed by atoms with Gasteiger partial charge in [-0.3, -0.25) is 14.3 Å². The summed E-state index contributed by atoms with van der Waals surface area (Å²) in [5, 5.41) is 11.0. The lowest BCUT2D eigenvalue weighted by atomic mass is 9.82. The Hall–Kier alpha value is -2.61. The van der Waals surface area contributed by atoms with E-state index < -0.39 is 5.60 Å². The lowest BCUT2D eigenvalue weighted by Gasteiger charge is -2.33. The monoisotopic (exact) mass is 459 g/mol. The normalized spacial score (nSPS) is 20.6. The molecule has 3 heterocycles. The number of hydrogen-bond donors (Lipinski definition) is 2. The predicted molar refractivity (Wildman–Crippen MR) is 122 cm³/mol. The third-order valence-corrected chi connectivity index (χ3v) is 6.35. The van der Waals surface area contributed by atoms with E-state index in [1.165, 1.54) is 0 Å². The van der Waals surface area contributed by atoms with E-state index in [-0.39, 0.29) is 23.8 Å². The van der Waals surface area contributed by atoms with Crippen LogP contribution in [-0.4, -0.2) is 38.3 Å². The molecule has 172 valence electrons. The van der Waals surface area contributed by atoms with Crippen LogP contribution in [0.2, 0.25) is 5.02 Å². The molecule has 0 radical (unpaired) electrons. The van der Waals surface area contributed by atoms with Crippen LogP contribution in [0.15, 0.2) is 12.4 Å². The van der Waals surface area contributed by atoms with E-state index >= 15 is 0 Å². The minimum Gasteiger partial charge on any atom is -0.460 e. The Labute approximate surface area is 193 Å². The number of hydrogen-bond acceptors (Lipinski definition) is 6. The number of ether oxygens (including phenoxy) is 1. The highest BCUT2D eigenvalue weighted by molar-refractivity contribution is 6.34. The second kappa shape index (κ2) is 8.73. The number of amides is 1. The number of halogens is 1. The molecule has 1 aliphatic heterocycles. The molecular formula is C23H30ClN5O3. The Morgan fingerprint density at radius 2 is 2.09 bits per heavy atom. The molecule has 32 heavy (non-hydrogen) atoms. The van der Waals surface area contributed by atoms with E-state index in [1.54, 1.807) is 10.9 Å². The molecule has 1 aliphatic carbocycles. The zero-order valence-electron chi connectivity index (χ0n) is 19.0. The van der Waals surface area contributed by atoms with E-state index in [9.17, 15) is 9.59 Å². The van der Waals surface area contributed by atoms with Gasteiger partial charge < -0.3 is 15.4 Å². The van der Waals surface area contributed by atoms with Gasteiger partial charge in [-0.25, -0.2) is 4.98 Å². The van der Waals surface area contributed by atoms with Gasteiger partial charge in [-0.2, -0.15) is 5.10 Å². The molecule has 1 fully saturated rings. The van der Waals surface area contributed by atoms with Gasteiger partial charge in [-0.15, -0.1) is 0 Å². The van der Waals surface area contributed by atoms with Crippen molar-refractivity contribution in [3.63, 3.8) is 0 Å². The smallest absolute Gasteiger partial charge is 0.306 e. The molecule has 2 aliphatic rings.